The minimum absolute atomic E-state index is 0.0674. The third kappa shape index (κ3) is 14.2. The molecule has 0 rings (SSSR count). The Bertz CT molecular complexity index is 753. The first-order valence-corrected chi connectivity index (χ1v) is 12.4. The smallest absolute Gasteiger partial charge is 0.326 e. The van der Waals surface area contributed by atoms with E-state index in [2.05, 4.69) is 16.0 Å². The second-order valence-corrected chi connectivity index (χ2v) is 8.78. The van der Waals surface area contributed by atoms with Crippen molar-refractivity contribution in [1.29, 1.82) is 0 Å². The molecule has 0 aliphatic heterocycles. The molecule has 11 N–H and O–H groups in total. The Morgan fingerprint density at radius 3 is 1.91 bits per heavy atom. The van der Waals surface area contributed by atoms with E-state index < -0.39 is 66.2 Å². The van der Waals surface area contributed by atoms with Gasteiger partial charge < -0.3 is 43.4 Å². The summed E-state index contributed by atoms with van der Waals surface area (Å²) in [6.07, 6.45) is 1.78. The number of amides is 4. The number of unbranched alkanes of at least 4 members (excludes halogenated alkanes) is 1. The van der Waals surface area contributed by atoms with E-state index in [-0.39, 0.29) is 19.3 Å². The summed E-state index contributed by atoms with van der Waals surface area (Å²) in [6.45, 7) is 0.310. The van der Waals surface area contributed by atoms with Crippen LogP contribution in [0.3, 0.4) is 0 Å². The number of thioether (sulfide) groups is 1. The maximum atomic E-state index is 12.8. The molecule has 4 atom stereocenters. The Kier molecular flexibility index (Phi) is 16.1. The number of rotatable bonds is 19. The molecule has 4 unspecified atom stereocenters. The zero-order valence-electron chi connectivity index (χ0n) is 19.7. The quantitative estimate of drug-likeness (QED) is 0.0824. The molecule has 0 aromatic heterocycles. The number of nitrogens with two attached hydrogens (primary N) is 3. The zero-order chi connectivity index (χ0) is 27.0. The highest BCUT2D eigenvalue weighted by Gasteiger charge is 2.31. The van der Waals surface area contributed by atoms with Crippen LogP contribution in [0.15, 0.2) is 0 Å². The highest BCUT2D eigenvalue weighted by Crippen LogP contribution is 2.06. The molecule has 4 amide bonds. The maximum Gasteiger partial charge on any atom is 0.326 e. The lowest BCUT2D eigenvalue weighted by Crippen LogP contribution is -2.57. The van der Waals surface area contributed by atoms with Crippen LogP contribution >= 0.6 is 11.8 Å². The number of aliphatic carboxylic acids is 2. The lowest BCUT2D eigenvalue weighted by Gasteiger charge is -2.24. The van der Waals surface area contributed by atoms with Crippen LogP contribution in [0.4, 0.5) is 0 Å². The maximum absolute atomic E-state index is 12.8. The van der Waals surface area contributed by atoms with Crippen molar-refractivity contribution in [2.24, 2.45) is 17.2 Å². The number of hydrogen-bond acceptors (Lipinski definition) is 9. The topological polar surface area (TPSA) is 257 Å². The molecular weight excluding hydrogens is 484 g/mol. The van der Waals surface area contributed by atoms with Crippen molar-refractivity contribution in [3.63, 3.8) is 0 Å². The van der Waals surface area contributed by atoms with Crippen LogP contribution in [0.2, 0.25) is 0 Å². The SMILES string of the molecule is CSCCC(N)C(=O)NC(CC(=O)O)C(=O)NC(CCCCN)C(=O)NC(CCC(N)=O)C(=O)O. The lowest BCUT2D eigenvalue weighted by atomic mass is 10.1. The van der Waals surface area contributed by atoms with E-state index in [1.54, 1.807) is 0 Å². The third-order valence-electron chi connectivity index (χ3n) is 4.86. The molecule has 0 bridgehead atoms. The highest BCUT2D eigenvalue weighted by atomic mass is 32.2. The molecule has 0 aromatic carbocycles. The summed E-state index contributed by atoms with van der Waals surface area (Å²) >= 11 is 1.46. The Morgan fingerprint density at radius 2 is 1.40 bits per heavy atom. The minimum atomic E-state index is -1.52. The van der Waals surface area contributed by atoms with Gasteiger partial charge in [-0.15, -0.1) is 0 Å². The fourth-order valence-corrected chi connectivity index (χ4v) is 3.38. The molecule has 0 saturated heterocycles. The van der Waals surface area contributed by atoms with Gasteiger partial charge in [0.25, 0.3) is 0 Å². The van der Waals surface area contributed by atoms with Gasteiger partial charge in [0, 0.05) is 6.42 Å². The number of carboxylic acid groups (broad SMARTS) is 2. The number of hydrogen-bond donors (Lipinski definition) is 8. The van der Waals surface area contributed by atoms with Crippen LogP contribution in [0.5, 0.6) is 0 Å². The van der Waals surface area contributed by atoms with Gasteiger partial charge in [-0.25, -0.2) is 4.79 Å². The summed E-state index contributed by atoms with van der Waals surface area (Å²) in [6, 6.07) is -5.16. The van der Waals surface area contributed by atoms with E-state index >= 15 is 0 Å². The fraction of sp³-hybridized carbons (Fsp3) is 0.700. The Morgan fingerprint density at radius 1 is 0.829 bits per heavy atom. The number of primary amides is 1. The first-order chi connectivity index (χ1) is 16.4. The molecule has 0 spiro atoms. The van der Waals surface area contributed by atoms with Gasteiger partial charge in [-0.05, 0) is 50.7 Å². The van der Waals surface area contributed by atoms with Gasteiger partial charge in [0.1, 0.15) is 18.1 Å². The first-order valence-electron chi connectivity index (χ1n) is 11.0. The van der Waals surface area contributed by atoms with Gasteiger partial charge in [-0.1, -0.05) is 0 Å². The zero-order valence-corrected chi connectivity index (χ0v) is 20.5. The molecular formula is C20H36N6O8S. The first kappa shape index (κ1) is 32.1. The predicted octanol–water partition coefficient (Wildman–Crippen LogP) is -2.52. The Labute approximate surface area is 207 Å². The average molecular weight is 521 g/mol. The molecule has 200 valence electrons. The van der Waals surface area contributed by atoms with E-state index in [1.807, 2.05) is 6.26 Å². The van der Waals surface area contributed by atoms with Crippen molar-refractivity contribution in [3.05, 3.63) is 0 Å². The summed E-state index contributed by atoms with van der Waals surface area (Å²) in [5.74, 6) is -5.47. The minimum Gasteiger partial charge on any atom is -0.481 e. The van der Waals surface area contributed by atoms with Crippen LogP contribution in [-0.4, -0.2) is 88.5 Å². The second-order valence-electron chi connectivity index (χ2n) is 7.80. The number of carboxylic acids is 2. The van der Waals surface area contributed by atoms with Crippen LogP contribution in [0.25, 0.3) is 0 Å². The number of carbonyl (C=O) groups excluding carboxylic acids is 4. The average Bonchev–Trinajstić information content (AvgIpc) is 2.78. The van der Waals surface area contributed by atoms with Crippen LogP contribution in [0, 0.1) is 0 Å². The highest BCUT2D eigenvalue weighted by molar-refractivity contribution is 7.98. The van der Waals surface area contributed by atoms with Crippen molar-refractivity contribution in [2.75, 3.05) is 18.6 Å². The molecule has 35 heavy (non-hydrogen) atoms. The van der Waals surface area contributed by atoms with Crippen molar-refractivity contribution in [3.8, 4) is 0 Å². The van der Waals surface area contributed by atoms with Crippen LogP contribution in [0.1, 0.15) is 44.9 Å². The lowest BCUT2D eigenvalue weighted by molar-refractivity contribution is -0.143. The molecule has 15 heteroatoms. The summed E-state index contributed by atoms with van der Waals surface area (Å²) in [5.41, 5.74) is 16.3. The number of nitrogens with one attached hydrogen (secondary N) is 3. The third-order valence-corrected chi connectivity index (χ3v) is 5.50. The molecule has 0 aliphatic rings. The van der Waals surface area contributed by atoms with Crippen molar-refractivity contribution >= 4 is 47.3 Å². The van der Waals surface area contributed by atoms with Gasteiger partial charge in [0.2, 0.25) is 23.6 Å². The van der Waals surface area contributed by atoms with E-state index in [0.717, 1.165) is 0 Å². The van der Waals surface area contributed by atoms with E-state index in [0.29, 0.717) is 31.6 Å². The van der Waals surface area contributed by atoms with Crippen molar-refractivity contribution in [1.82, 2.24) is 16.0 Å². The molecule has 0 saturated carbocycles. The summed E-state index contributed by atoms with van der Waals surface area (Å²) < 4.78 is 0. The Hall–Kier alpha value is -2.91. The van der Waals surface area contributed by atoms with Gasteiger partial charge in [0.15, 0.2) is 0 Å². The molecule has 0 fully saturated rings. The van der Waals surface area contributed by atoms with E-state index in [4.69, 9.17) is 22.3 Å². The van der Waals surface area contributed by atoms with E-state index in [1.165, 1.54) is 11.8 Å². The standard InChI is InChI=1S/C20H36N6O8S/c1-35-9-7-11(22)17(30)26-14(10-16(28)29)19(32)24-12(4-2-3-8-21)18(31)25-13(20(33)34)5-6-15(23)27/h11-14H,2-10,21-22H2,1H3,(H2,23,27)(H,24,32)(H,25,31)(H,26,30)(H,28,29)(H,33,34). The second kappa shape index (κ2) is 17.5. The monoisotopic (exact) mass is 520 g/mol. The molecule has 0 heterocycles. The van der Waals surface area contributed by atoms with Crippen molar-refractivity contribution < 1.29 is 39.0 Å². The fourth-order valence-electron chi connectivity index (χ4n) is 2.89. The van der Waals surface area contributed by atoms with Gasteiger partial charge >= 0.3 is 11.9 Å². The molecule has 0 radical (unpaired) electrons. The molecule has 0 aliphatic carbocycles. The van der Waals surface area contributed by atoms with Crippen LogP contribution < -0.4 is 33.2 Å². The summed E-state index contributed by atoms with van der Waals surface area (Å²) in [4.78, 5) is 71.6. The van der Waals surface area contributed by atoms with Gasteiger partial charge in [-0.3, -0.25) is 24.0 Å². The van der Waals surface area contributed by atoms with Crippen LogP contribution in [-0.2, 0) is 28.8 Å². The van der Waals surface area contributed by atoms with Gasteiger partial charge in [-0.2, -0.15) is 11.8 Å². The van der Waals surface area contributed by atoms with Gasteiger partial charge in [0.05, 0.1) is 12.5 Å². The summed E-state index contributed by atoms with van der Waals surface area (Å²) in [5, 5.41) is 25.4. The Balaban J connectivity index is 5.50. The molecule has 14 nitrogen and oxygen atoms in total. The van der Waals surface area contributed by atoms with E-state index in [9.17, 15) is 33.9 Å². The normalized spacial score (nSPS) is 14.1. The largest absolute Gasteiger partial charge is 0.481 e. The summed E-state index contributed by atoms with van der Waals surface area (Å²) in [7, 11) is 0. The van der Waals surface area contributed by atoms with Crippen molar-refractivity contribution in [2.45, 2.75) is 69.1 Å². The predicted molar refractivity (Wildman–Crippen MR) is 128 cm³/mol. The number of carbonyl (C=O) groups is 6. The molecule has 0 aromatic rings.